The Bertz CT molecular complexity index is 698. The highest BCUT2D eigenvalue weighted by Crippen LogP contribution is 2.16. The molecular formula is C14H12F2N2O2. The van der Waals surface area contributed by atoms with E-state index in [9.17, 15) is 18.4 Å². The molecule has 2 rings (SSSR count). The second kappa shape index (κ2) is 5.64. The molecule has 0 spiro atoms. The number of benzene rings is 1. The van der Waals surface area contributed by atoms with Crippen LogP contribution in [0.1, 0.15) is 28.9 Å². The SMILES string of the molecule is CC(NC(=O)c1cc[nH]c(=O)c1)c1ccc(F)c(F)c1. The summed E-state index contributed by atoms with van der Waals surface area (Å²) in [4.78, 5) is 25.4. The van der Waals surface area contributed by atoms with Gasteiger partial charge in [-0.3, -0.25) is 9.59 Å². The van der Waals surface area contributed by atoms with Crippen molar-refractivity contribution in [2.75, 3.05) is 0 Å². The zero-order chi connectivity index (χ0) is 14.7. The fourth-order valence-electron chi connectivity index (χ4n) is 1.73. The van der Waals surface area contributed by atoms with E-state index in [0.717, 1.165) is 18.2 Å². The molecule has 1 amide bonds. The number of aromatic amines is 1. The third-order valence-corrected chi connectivity index (χ3v) is 2.83. The zero-order valence-electron chi connectivity index (χ0n) is 10.6. The van der Waals surface area contributed by atoms with Gasteiger partial charge in [-0.15, -0.1) is 0 Å². The van der Waals surface area contributed by atoms with Crippen LogP contribution in [0.4, 0.5) is 8.78 Å². The van der Waals surface area contributed by atoms with Crippen molar-refractivity contribution in [3.63, 3.8) is 0 Å². The summed E-state index contributed by atoms with van der Waals surface area (Å²) in [6.45, 7) is 1.64. The monoisotopic (exact) mass is 278 g/mol. The van der Waals surface area contributed by atoms with E-state index in [0.29, 0.717) is 5.56 Å². The van der Waals surface area contributed by atoms with Crippen molar-refractivity contribution < 1.29 is 13.6 Å². The van der Waals surface area contributed by atoms with Crippen molar-refractivity contribution in [1.29, 1.82) is 0 Å². The van der Waals surface area contributed by atoms with E-state index >= 15 is 0 Å². The normalized spacial score (nSPS) is 11.9. The first-order valence-electron chi connectivity index (χ1n) is 5.92. The third kappa shape index (κ3) is 3.09. The first-order valence-corrected chi connectivity index (χ1v) is 5.92. The van der Waals surface area contributed by atoms with Gasteiger partial charge in [0.15, 0.2) is 11.6 Å². The van der Waals surface area contributed by atoms with Crippen LogP contribution in [0.3, 0.4) is 0 Å². The molecule has 1 atom stereocenters. The summed E-state index contributed by atoms with van der Waals surface area (Å²) >= 11 is 0. The Kier molecular flexibility index (Phi) is 3.93. The van der Waals surface area contributed by atoms with Crippen LogP contribution in [0.15, 0.2) is 41.3 Å². The van der Waals surface area contributed by atoms with Crippen molar-refractivity contribution in [2.45, 2.75) is 13.0 Å². The fraction of sp³-hybridized carbons (Fsp3) is 0.143. The molecule has 0 radical (unpaired) electrons. The second-order valence-electron chi connectivity index (χ2n) is 4.31. The van der Waals surface area contributed by atoms with Crippen molar-refractivity contribution >= 4 is 5.91 Å². The molecule has 104 valence electrons. The van der Waals surface area contributed by atoms with E-state index < -0.39 is 29.1 Å². The summed E-state index contributed by atoms with van der Waals surface area (Å²) in [7, 11) is 0. The molecule has 6 heteroatoms. The van der Waals surface area contributed by atoms with Crippen LogP contribution in [0, 0.1) is 11.6 Å². The highest BCUT2D eigenvalue weighted by molar-refractivity contribution is 5.94. The smallest absolute Gasteiger partial charge is 0.252 e. The lowest BCUT2D eigenvalue weighted by Crippen LogP contribution is -2.27. The van der Waals surface area contributed by atoms with Gasteiger partial charge >= 0.3 is 0 Å². The first-order chi connectivity index (χ1) is 9.47. The third-order valence-electron chi connectivity index (χ3n) is 2.83. The van der Waals surface area contributed by atoms with Gasteiger partial charge in [0.1, 0.15) is 0 Å². The number of nitrogens with one attached hydrogen (secondary N) is 2. The van der Waals surface area contributed by atoms with Gasteiger partial charge in [-0.25, -0.2) is 8.78 Å². The summed E-state index contributed by atoms with van der Waals surface area (Å²) in [5, 5.41) is 2.61. The van der Waals surface area contributed by atoms with Gasteiger partial charge < -0.3 is 10.3 Å². The molecule has 4 nitrogen and oxygen atoms in total. The van der Waals surface area contributed by atoms with E-state index in [1.807, 2.05) is 0 Å². The minimum atomic E-state index is -0.972. The number of aromatic nitrogens is 1. The number of carbonyl (C=O) groups excluding carboxylic acids is 1. The average molecular weight is 278 g/mol. The molecular weight excluding hydrogens is 266 g/mol. The largest absolute Gasteiger partial charge is 0.346 e. The number of rotatable bonds is 3. The molecule has 0 aliphatic heterocycles. The Hall–Kier alpha value is -2.50. The molecule has 1 unspecified atom stereocenters. The van der Waals surface area contributed by atoms with Crippen LogP contribution in [-0.2, 0) is 0 Å². The van der Waals surface area contributed by atoms with E-state index in [-0.39, 0.29) is 5.56 Å². The van der Waals surface area contributed by atoms with Crippen molar-refractivity contribution in [3.8, 4) is 0 Å². The van der Waals surface area contributed by atoms with Gasteiger partial charge in [0.05, 0.1) is 6.04 Å². The lowest BCUT2D eigenvalue weighted by molar-refractivity contribution is 0.0939. The van der Waals surface area contributed by atoms with Crippen LogP contribution in [0.2, 0.25) is 0 Å². The molecule has 0 saturated heterocycles. The minimum Gasteiger partial charge on any atom is -0.346 e. The maximum absolute atomic E-state index is 13.1. The van der Waals surface area contributed by atoms with Crippen LogP contribution >= 0.6 is 0 Å². The van der Waals surface area contributed by atoms with E-state index in [1.54, 1.807) is 6.92 Å². The molecule has 1 aromatic heterocycles. The predicted octanol–water partition coefficient (Wildman–Crippen LogP) is 2.14. The van der Waals surface area contributed by atoms with Crippen molar-refractivity contribution in [3.05, 3.63) is 69.6 Å². The lowest BCUT2D eigenvalue weighted by Gasteiger charge is -2.14. The molecule has 0 saturated carbocycles. The van der Waals surface area contributed by atoms with Gasteiger partial charge in [-0.1, -0.05) is 6.07 Å². The molecule has 2 aromatic rings. The average Bonchev–Trinajstić information content (AvgIpc) is 2.41. The van der Waals surface area contributed by atoms with Crippen LogP contribution in [0.25, 0.3) is 0 Å². The molecule has 0 bridgehead atoms. The molecule has 1 aromatic carbocycles. The quantitative estimate of drug-likeness (QED) is 0.903. The summed E-state index contributed by atoms with van der Waals surface area (Å²) in [6, 6.07) is 5.51. The van der Waals surface area contributed by atoms with Crippen molar-refractivity contribution in [2.24, 2.45) is 0 Å². The molecule has 20 heavy (non-hydrogen) atoms. The highest BCUT2D eigenvalue weighted by atomic mass is 19.2. The Morgan fingerprint density at radius 3 is 2.60 bits per heavy atom. The Balaban J connectivity index is 2.14. The van der Waals surface area contributed by atoms with E-state index in [4.69, 9.17) is 0 Å². The van der Waals surface area contributed by atoms with Gasteiger partial charge in [0.2, 0.25) is 5.56 Å². The number of H-pyrrole nitrogens is 1. The summed E-state index contributed by atoms with van der Waals surface area (Å²) < 4.78 is 26.0. The number of pyridine rings is 1. The predicted molar refractivity (Wildman–Crippen MR) is 69.3 cm³/mol. The van der Waals surface area contributed by atoms with Crippen LogP contribution in [-0.4, -0.2) is 10.9 Å². The van der Waals surface area contributed by atoms with E-state index in [2.05, 4.69) is 10.3 Å². The van der Waals surface area contributed by atoms with Crippen LogP contribution < -0.4 is 10.9 Å². The standard InChI is InChI=1S/C14H12F2N2O2/c1-8(9-2-3-11(15)12(16)6-9)18-14(20)10-4-5-17-13(19)7-10/h2-8H,1H3,(H,17,19)(H,18,20). The summed E-state index contributed by atoms with van der Waals surface area (Å²) in [5.41, 5.74) is 0.239. The zero-order valence-corrected chi connectivity index (χ0v) is 10.6. The maximum atomic E-state index is 13.1. The summed E-state index contributed by atoms with van der Waals surface area (Å²) in [6.07, 6.45) is 1.36. The Morgan fingerprint density at radius 1 is 1.20 bits per heavy atom. The lowest BCUT2D eigenvalue weighted by atomic mass is 10.1. The number of amides is 1. The van der Waals surface area contributed by atoms with Gasteiger partial charge in [0, 0.05) is 17.8 Å². The van der Waals surface area contributed by atoms with Crippen molar-refractivity contribution in [1.82, 2.24) is 10.3 Å². The number of halogens is 2. The molecule has 0 fully saturated rings. The van der Waals surface area contributed by atoms with E-state index in [1.165, 1.54) is 18.3 Å². The highest BCUT2D eigenvalue weighted by Gasteiger charge is 2.13. The number of hydrogen-bond acceptors (Lipinski definition) is 2. The molecule has 1 heterocycles. The fourth-order valence-corrected chi connectivity index (χ4v) is 1.73. The van der Waals surface area contributed by atoms with Crippen LogP contribution in [0.5, 0.6) is 0 Å². The second-order valence-corrected chi connectivity index (χ2v) is 4.31. The first kappa shape index (κ1) is 13.9. The summed E-state index contributed by atoms with van der Waals surface area (Å²) in [5.74, 6) is -2.38. The molecule has 0 aliphatic carbocycles. The van der Waals surface area contributed by atoms with Gasteiger partial charge in [-0.05, 0) is 30.7 Å². The minimum absolute atomic E-state index is 0.197. The Morgan fingerprint density at radius 2 is 1.95 bits per heavy atom. The van der Waals surface area contributed by atoms with Gasteiger partial charge in [-0.2, -0.15) is 0 Å². The molecule has 2 N–H and O–H groups in total. The van der Waals surface area contributed by atoms with Gasteiger partial charge in [0.25, 0.3) is 5.91 Å². The Labute approximate surface area is 113 Å². The number of carbonyl (C=O) groups is 1. The maximum Gasteiger partial charge on any atom is 0.252 e. The number of hydrogen-bond donors (Lipinski definition) is 2. The molecule has 0 aliphatic rings. The topological polar surface area (TPSA) is 62.0 Å².